The van der Waals surface area contributed by atoms with E-state index in [0.29, 0.717) is 10.9 Å². The lowest BCUT2D eigenvalue weighted by Crippen LogP contribution is -2.30. The van der Waals surface area contributed by atoms with Crippen LogP contribution in [0.4, 0.5) is 0 Å². The van der Waals surface area contributed by atoms with Crippen LogP contribution in [0.5, 0.6) is 0 Å². The molecule has 2 aromatic rings. The van der Waals surface area contributed by atoms with E-state index in [0.717, 1.165) is 23.7 Å². The van der Waals surface area contributed by atoms with Crippen molar-refractivity contribution in [3.05, 3.63) is 36.1 Å². The summed E-state index contributed by atoms with van der Waals surface area (Å²) in [5.41, 5.74) is 1.43. The number of thioether (sulfide) groups is 1. The number of hydrogen-bond donors (Lipinski definition) is 1. The van der Waals surface area contributed by atoms with Gasteiger partial charge in [0.1, 0.15) is 5.69 Å². The average molecular weight is 277 g/mol. The van der Waals surface area contributed by atoms with Crippen molar-refractivity contribution < 1.29 is 19.2 Å². The maximum atomic E-state index is 10.8. The Morgan fingerprint density at radius 2 is 2.16 bits per heavy atom. The second-order valence-electron chi connectivity index (χ2n) is 4.16. The highest BCUT2D eigenvalue weighted by atomic mass is 32.2. The molecule has 6 heteroatoms. The molecule has 0 amide bonds. The molecule has 0 saturated carbocycles. The van der Waals surface area contributed by atoms with Crippen LogP contribution in [0, 0.1) is 0 Å². The third-order valence-corrected chi connectivity index (χ3v) is 4.00. The molecule has 0 bridgehead atoms. The number of carboxylic acids is 1. The van der Waals surface area contributed by atoms with E-state index in [1.165, 1.54) is 6.07 Å². The molecular formula is C13H11NO4S. The Morgan fingerprint density at radius 1 is 1.37 bits per heavy atom. The second kappa shape index (κ2) is 5.07. The molecule has 1 aromatic heterocycles. The maximum Gasteiger partial charge on any atom is 0.374 e. The summed E-state index contributed by atoms with van der Waals surface area (Å²) in [6.45, 7) is 1.50. The van der Waals surface area contributed by atoms with Crippen LogP contribution >= 0.6 is 11.8 Å². The van der Waals surface area contributed by atoms with E-state index in [2.05, 4.69) is 5.16 Å². The number of carbonyl (C=O) groups is 1. The molecule has 0 atom stereocenters. The van der Waals surface area contributed by atoms with E-state index in [1.54, 1.807) is 11.8 Å². The molecular weight excluding hydrogens is 266 g/mol. The van der Waals surface area contributed by atoms with Crippen LogP contribution in [0.3, 0.4) is 0 Å². The number of aromatic nitrogens is 1. The Bertz CT molecular complexity index is 606. The number of ether oxygens (including phenoxy) is 1. The molecule has 0 unspecified atom stereocenters. The number of aromatic carboxylic acids is 1. The number of benzene rings is 1. The molecule has 1 aliphatic heterocycles. The fourth-order valence-electron chi connectivity index (χ4n) is 1.75. The number of nitrogens with zero attached hydrogens (tertiary/aromatic N) is 1. The molecule has 98 valence electrons. The quantitative estimate of drug-likeness (QED) is 0.925. The summed E-state index contributed by atoms with van der Waals surface area (Å²) < 4.78 is 9.95. The van der Waals surface area contributed by atoms with Crippen molar-refractivity contribution in [1.29, 1.82) is 0 Å². The van der Waals surface area contributed by atoms with Crippen LogP contribution < -0.4 is 0 Å². The van der Waals surface area contributed by atoms with Gasteiger partial charge in [0.05, 0.1) is 18.5 Å². The SMILES string of the molecule is O=C(O)c1cc(-c2ccccc2SC2COC2)no1. The molecule has 1 aromatic carbocycles. The number of carboxylic acid groups (broad SMARTS) is 1. The highest BCUT2D eigenvalue weighted by Crippen LogP contribution is 2.35. The largest absolute Gasteiger partial charge is 0.475 e. The van der Waals surface area contributed by atoms with Gasteiger partial charge in [-0.2, -0.15) is 0 Å². The summed E-state index contributed by atoms with van der Waals surface area (Å²) in [5.74, 6) is -1.27. The minimum atomic E-state index is -1.11. The first kappa shape index (κ1) is 12.3. The van der Waals surface area contributed by atoms with Crippen LogP contribution in [0.15, 0.2) is 39.8 Å². The molecule has 1 aliphatic rings. The third kappa shape index (κ3) is 2.50. The first-order valence-electron chi connectivity index (χ1n) is 5.78. The van der Waals surface area contributed by atoms with Crippen molar-refractivity contribution in [2.75, 3.05) is 13.2 Å². The lowest BCUT2D eigenvalue weighted by Gasteiger charge is -2.25. The van der Waals surface area contributed by atoms with E-state index in [1.807, 2.05) is 24.3 Å². The smallest absolute Gasteiger partial charge is 0.374 e. The van der Waals surface area contributed by atoms with Gasteiger partial charge in [0, 0.05) is 16.5 Å². The standard InChI is InChI=1S/C13H11NO4S/c15-13(16)11-5-10(14-18-11)9-3-1-2-4-12(9)19-8-6-17-7-8/h1-5,8H,6-7H2,(H,15,16). The Balaban J connectivity index is 1.91. The van der Waals surface area contributed by atoms with E-state index in [9.17, 15) is 4.79 Å². The Morgan fingerprint density at radius 3 is 2.79 bits per heavy atom. The van der Waals surface area contributed by atoms with Crippen LogP contribution in [0.25, 0.3) is 11.3 Å². The molecule has 2 heterocycles. The lowest BCUT2D eigenvalue weighted by atomic mass is 10.1. The van der Waals surface area contributed by atoms with Crippen LogP contribution in [-0.2, 0) is 4.74 Å². The predicted octanol–water partition coefficient (Wildman–Crippen LogP) is 2.53. The normalized spacial score (nSPS) is 15.2. The monoisotopic (exact) mass is 277 g/mol. The minimum Gasteiger partial charge on any atom is -0.475 e. The Hall–Kier alpha value is -1.79. The van der Waals surface area contributed by atoms with Crippen molar-refractivity contribution in [2.45, 2.75) is 10.1 Å². The molecule has 0 aliphatic carbocycles. The molecule has 0 radical (unpaired) electrons. The van der Waals surface area contributed by atoms with Gasteiger partial charge in [0.15, 0.2) is 0 Å². The van der Waals surface area contributed by atoms with Crippen molar-refractivity contribution >= 4 is 17.7 Å². The van der Waals surface area contributed by atoms with Crippen LogP contribution in [0.1, 0.15) is 10.6 Å². The highest BCUT2D eigenvalue weighted by molar-refractivity contribution is 8.00. The van der Waals surface area contributed by atoms with Gasteiger partial charge in [-0.25, -0.2) is 4.79 Å². The molecule has 1 fully saturated rings. The summed E-state index contributed by atoms with van der Waals surface area (Å²) in [5, 5.41) is 13.1. The van der Waals surface area contributed by atoms with Crippen molar-refractivity contribution in [3.8, 4) is 11.3 Å². The zero-order chi connectivity index (χ0) is 13.2. The van der Waals surface area contributed by atoms with Crippen molar-refractivity contribution in [1.82, 2.24) is 5.16 Å². The third-order valence-electron chi connectivity index (χ3n) is 2.79. The summed E-state index contributed by atoms with van der Waals surface area (Å²) in [7, 11) is 0. The van der Waals surface area contributed by atoms with E-state index in [4.69, 9.17) is 14.4 Å². The summed E-state index contributed by atoms with van der Waals surface area (Å²) >= 11 is 1.72. The van der Waals surface area contributed by atoms with E-state index >= 15 is 0 Å². The van der Waals surface area contributed by atoms with Gasteiger partial charge in [-0.05, 0) is 6.07 Å². The predicted molar refractivity (Wildman–Crippen MR) is 69.4 cm³/mol. The van der Waals surface area contributed by atoms with Gasteiger partial charge >= 0.3 is 5.97 Å². The minimum absolute atomic E-state index is 0.151. The van der Waals surface area contributed by atoms with Gasteiger partial charge in [-0.1, -0.05) is 23.4 Å². The Kier molecular flexibility index (Phi) is 3.27. The summed E-state index contributed by atoms with van der Waals surface area (Å²) in [6.07, 6.45) is 0. The van der Waals surface area contributed by atoms with Crippen molar-refractivity contribution in [2.24, 2.45) is 0 Å². The fourth-order valence-corrected chi connectivity index (χ4v) is 2.89. The Labute approximate surface area is 113 Å². The second-order valence-corrected chi connectivity index (χ2v) is 5.50. The molecule has 0 spiro atoms. The fraction of sp³-hybridized carbons (Fsp3) is 0.231. The van der Waals surface area contributed by atoms with E-state index in [-0.39, 0.29) is 5.76 Å². The van der Waals surface area contributed by atoms with Gasteiger partial charge in [-0.3, -0.25) is 0 Å². The number of hydrogen-bond acceptors (Lipinski definition) is 5. The maximum absolute atomic E-state index is 10.8. The first-order chi connectivity index (χ1) is 9.24. The topological polar surface area (TPSA) is 72.6 Å². The van der Waals surface area contributed by atoms with Crippen LogP contribution in [0.2, 0.25) is 0 Å². The van der Waals surface area contributed by atoms with Gasteiger partial charge < -0.3 is 14.4 Å². The molecule has 5 nitrogen and oxygen atoms in total. The highest BCUT2D eigenvalue weighted by Gasteiger charge is 2.22. The molecule has 1 N–H and O–H groups in total. The zero-order valence-electron chi connectivity index (χ0n) is 9.91. The van der Waals surface area contributed by atoms with Gasteiger partial charge in [-0.15, -0.1) is 11.8 Å². The summed E-state index contributed by atoms with van der Waals surface area (Å²) in [4.78, 5) is 11.9. The van der Waals surface area contributed by atoms with Gasteiger partial charge in [0.2, 0.25) is 5.76 Å². The average Bonchev–Trinajstić information content (AvgIpc) is 2.84. The van der Waals surface area contributed by atoms with Gasteiger partial charge in [0.25, 0.3) is 0 Å². The number of rotatable bonds is 4. The first-order valence-corrected chi connectivity index (χ1v) is 6.66. The van der Waals surface area contributed by atoms with E-state index < -0.39 is 5.97 Å². The molecule has 19 heavy (non-hydrogen) atoms. The zero-order valence-corrected chi connectivity index (χ0v) is 10.7. The summed E-state index contributed by atoms with van der Waals surface area (Å²) in [6, 6.07) is 9.19. The van der Waals surface area contributed by atoms with Crippen molar-refractivity contribution in [3.63, 3.8) is 0 Å². The molecule has 3 rings (SSSR count). The lowest BCUT2D eigenvalue weighted by molar-refractivity contribution is 0.0455. The molecule has 1 saturated heterocycles. The van der Waals surface area contributed by atoms with Crippen LogP contribution in [-0.4, -0.2) is 34.7 Å².